The normalized spacial score (nSPS) is 23.1. The first-order chi connectivity index (χ1) is 14.9. The van der Waals surface area contributed by atoms with E-state index in [1.807, 2.05) is 16.6 Å². The number of hydrogen-bond acceptors (Lipinski definition) is 6. The predicted molar refractivity (Wildman–Crippen MR) is 135 cm³/mol. The van der Waals surface area contributed by atoms with Gasteiger partial charge in [-0.25, -0.2) is 4.98 Å². The first-order valence-corrected chi connectivity index (χ1v) is 12.6. The van der Waals surface area contributed by atoms with E-state index in [0.29, 0.717) is 27.9 Å². The summed E-state index contributed by atoms with van der Waals surface area (Å²) in [4.78, 5) is 8.14. The summed E-state index contributed by atoms with van der Waals surface area (Å²) in [6.45, 7) is 13.1. The van der Waals surface area contributed by atoms with Crippen LogP contribution in [0.5, 0.6) is 0 Å². The number of aromatic nitrogens is 3. The van der Waals surface area contributed by atoms with Gasteiger partial charge in [-0.15, -0.1) is 5.10 Å². The van der Waals surface area contributed by atoms with E-state index in [1.165, 1.54) is 0 Å². The molecule has 3 atom stereocenters. The van der Waals surface area contributed by atoms with Gasteiger partial charge in [-0.3, -0.25) is 0 Å². The maximum atomic E-state index is 6.60. The minimum Gasteiger partial charge on any atom is -0.363 e. The summed E-state index contributed by atoms with van der Waals surface area (Å²) in [5.41, 5.74) is 7.69. The smallest absolute Gasteiger partial charge is 0.216 e. The summed E-state index contributed by atoms with van der Waals surface area (Å²) in [7, 11) is 0. The van der Waals surface area contributed by atoms with Gasteiger partial charge in [0.2, 0.25) is 10.1 Å². The molecule has 3 aromatic rings. The van der Waals surface area contributed by atoms with E-state index in [0.717, 1.165) is 46.7 Å². The lowest BCUT2D eigenvalue weighted by Crippen LogP contribution is -2.36. The van der Waals surface area contributed by atoms with E-state index in [9.17, 15) is 0 Å². The summed E-state index contributed by atoms with van der Waals surface area (Å²) in [6.07, 6.45) is 0.973. The standard InChI is InChI=1S/C23H30Cl2N6S/c1-22(2,3)11-23(4,5)28-19-18(12-7-6-8-15(24)16(12)25)27-20-31(19)29-21(32-20)30-9-13-14(10-30)17(13)26/h6-8,13-14,17,28H,9-11,26H2,1-5H3/t13-,14+,17?. The number of halogens is 2. The van der Waals surface area contributed by atoms with E-state index in [2.05, 4.69) is 44.8 Å². The van der Waals surface area contributed by atoms with Crippen LogP contribution in [0.4, 0.5) is 10.9 Å². The Morgan fingerprint density at radius 2 is 1.84 bits per heavy atom. The zero-order valence-corrected chi connectivity index (χ0v) is 21.4. The molecule has 1 unspecified atom stereocenters. The van der Waals surface area contributed by atoms with Crippen molar-refractivity contribution in [3.05, 3.63) is 28.2 Å². The fourth-order valence-electron chi connectivity index (χ4n) is 5.27. The predicted octanol–water partition coefficient (Wildman–Crippen LogP) is 5.78. The lowest BCUT2D eigenvalue weighted by atomic mass is 9.82. The van der Waals surface area contributed by atoms with Crippen LogP contribution in [0.2, 0.25) is 10.0 Å². The maximum Gasteiger partial charge on any atom is 0.216 e. The number of piperidine rings is 1. The zero-order valence-electron chi connectivity index (χ0n) is 19.1. The molecule has 1 aliphatic heterocycles. The molecule has 3 N–H and O–H groups in total. The van der Waals surface area contributed by atoms with Crippen LogP contribution in [0.25, 0.3) is 16.2 Å². The molecule has 5 rings (SSSR count). The largest absolute Gasteiger partial charge is 0.363 e. The molecule has 172 valence electrons. The van der Waals surface area contributed by atoms with Crippen molar-refractivity contribution >= 4 is 50.4 Å². The van der Waals surface area contributed by atoms with Gasteiger partial charge in [0.15, 0.2) is 5.82 Å². The Hall–Kier alpha value is -1.54. The first kappa shape index (κ1) is 22.3. The average molecular weight is 494 g/mol. The number of imidazole rings is 1. The summed E-state index contributed by atoms with van der Waals surface area (Å²) >= 11 is 14.5. The molecule has 0 spiro atoms. The van der Waals surface area contributed by atoms with E-state index in [1.54, 1.807) is 17.4 Å². The molecule has 1 saturated carbocycles. The van der Waals surface area contributed by atoms with Crippen LogP contribution >= 0.6 is 34.5 Å². The van der Waals surface area contributed by atoms with Crippen molar-refractivity contribution in [2.75, 3.05) is 23.3 Å². The van der Waals surface area contributed by atoms with Gasteiger partial charge in [-0.2, -0.15) is 4.52 Å². The summed E-state index contributed by atoms with van der Waals surface area (Å²) in [5.74, 6) is 2.06. The minimum atomic E-state index is -0.181. The van der Waals surface area contributed by atoms with E-state index < -0.39 is 0 Å². The fraction of sp³-hybridized carbons (Fsp3) is 0.565. The Morgan fingerprint density at radius 3 is 2.50 bits per heavy atom. The number of nitrogens with two attached hydrogens (primary N) is 1. The fourth-order valence-corrected chi connectivity index (χ4v) is 6.58. The van der Waals surface area contributed by atoms with Crippen molar-refractivity contribution in [2.45, 2.75) is 52.6 Å². The molecule has 3 heterocycles. The van der Waals surface area contributed by atoms with Crippen LogP contribution in [-0.2, 0) is 0 Å². The third-order valence-electron chi connectivity index (χ3n) is 6.36. The van der Waals surface area contributed by atoms with Crippen LogP contribution in [0.15, 0.2) is 18.2 Å². The molecule has 0 amide bonds. The van der Waals surface area contributed by atoms with Gasteiger partial charge in [0.25, 0.3) is 0 Å². The number of nitrogens with zero attached hydrogens (tertiary/aromatic N) is 4. The van der Waals surface area contributed by atoms with Crippen molar-refractivity contribution in [1.29, 1.82) is 0 Å². The number of hydrogen-bond donors (Lipinski definition) is 2. The van der Waals surface area contributed by atoms with Crippen LogP contribution in [0.3, 0.4) is 0 Å². The topological polar surface area (TPSA) is 71.5 Å². The van der Waals surface area contributed by atoms with E-state index in [4.69, 9.17) is 39.0 Å². The number of nitrogens with one attached hydrogen (secondary N) is 1. The zero-order chi connectivity index (χ0) is 23.0. The first-order valence-electron chi connectivity index (χ1n) is 11.1. The molecular formula is C23H30Cl2N6S. The van der Waals surface area contributed by atoms with Gasteiger partial charge in [0.05, 0.1) is 10.0 Å². The molecule has 9 heteroatoms. The van der Waals surface area contributed by atoms with Gasteiger partial charge >= 0.3 is 0 Å². The highest BCUT2D eigenvalue weighted by Gasteiger charge is 2.54. The molecule has 32 heavy (non-hydrogen) atoms. The SMILES string of the molecule is CC(C)(C)CC(C)(C)Nc1c(-c2cccc(Cl)c2Cl)nc2sc(N3C[C@@H]4C(N)[C@@H]4C3)nn12. The molecule has 1 aromatic carbocycles. The van der Waals surface area contributed by atoms with Crippen LogP contribution in [-0.4, -0.2) is 39.3 Å². The second-order valence-corrected chi connectivity index (χ2v) is 12.8. The minimum absolute atomic E-state index is 0.163. The number of benzene rings is 1. The van der Waals surface area contributed by atoms with Gasteiger partial charge < -0.3 is 16.0 Å². The van der Waals surface area contributed by atoms with Gasteiger partial charge in [-0.1, -0.05) is 67.4 Å². The second-order valence-electron chi connectivity index (χ2n) is 11.0. The molecule has 0 radical (unpaired) electrons. The lowest BCUT2D eigenvalue weighted by Gasteiger charge is -2.34. The van der Waals surface area contributed by atoms with Crippen molar-refractivity contribution in [1.82, 2.24) is 14.6 Å². The maximum absolute atomic E-state index is 6.60. The molecule has 1 aliphatic carbocycles. The molecule has 2 aromatic heterocycles. The summed E-state index contributed by atoms with van der Waals surface area (Å²) in [5, 5.41) is 10.7. The molecule has 2 aliphatic rings. The summed E-state index contributed by atoms with van der Waals surface area (Å²) in [6, 6.07) is 6.02. The van der Waals surface area contributed by atoms with E-state index in [-0.39, 0.29) is 11.0 Å². The Morgan fingerprint density at radius 1 is 1.16 bits per heavy atom. The number of rotatable bonds is 5. The second kappa shape index (κ2) is 7.49. The molecule has 2 fully saturated rings. The van der Waals surface area contributed by atoms with Gasteiger partial charge in [-0.05, 0) is 43.6 Å². The number of fused-ring (bicyclic) bond motifs is 2. The van der Waals surface area contributed by atoms with Crippen LogP contribution in [0.1, 0.15) is 41.0 Å². The summed E-state index contributed by atoms with van der Waals surface area (Å²) < 4.78 is 1.93. The van der Waals surface area contributed by atoms with Gasteiger partial charge in [0.1, 0.15) is 5.69 Å². The number of anilines is 2. The quantitative estimate of drug-likeness (QED) is 0.471. The Bertz CT molecular complexity index is 1170. The van der Waals surface area contributed by atoms with E-state index >= 15 is 0 Å². The highest BCUT2D eigenvalue weighted by molar-refractivity contribution is 7.20. The van der Waals surface area contributed by atoms with Crippen LogP contribution < -0.4 is 16.0 Å². The van der Waals surface area contributed by atoms with Crippen LogP contribution in [0, 0.1) is 17.3 Å². The molecule has 1 saturated heterocycles. The molecular weight excluding hydrogens is 463 g/mol. The molecule has 6 nitrogen and oxygen atoms in total. The van der Waals surface area contributed by atoms with Crippen molar-refractivity contribution < 1.29 is 0 Å². The Kier molecular flexibility index (Phi) is 5.21. The van der Waals surface area contributed by atoms with Crippen molar-refractivity contribution in [3.8, 4) is 11.3 Å². The third kappa shape index (κ3) is 3.98. The van der Waals surface area contributed by atoms with Crippen molar-refractivity contribution in [2.24, 2.45) is 23.0 Å². The Labute approximate surface area is 203 Å². The highest BCUT2D eigenvalue weighted by atomic mass is 35.5. The third-order valence-corrected chi connectivity index (χ3v) is 8.15. The van der Waals surface area contributed by atoms with Gasteiger partial charge in [0, 0.05) is 30.2 Å². The monoisotopic (exact) mass is 492 g/mol. The Balaban J connectivity index is 1.57. The average Bonchev–Trinajstić information content (AvgIpc) is 3.09. The lowest BCUT2D eigenvalue weighted by molar-refractivity contribution is 0.302. The molecule has 0 bridgehead atoms. The highest BCUT2D eigenvalue weighted by Crippen LogP contribution is 2.47. The van der Waals surface area contributed by atoms with Crippen molar-refractivity contribution in [3.63, 3.8) is 0 Å².